The molecule has 3 rings (SSSR count). The van der Waals surface area contributed by atoms with Gasteiger partial charge in [-0.15, -0.1) is 0 Å². The van der Waals surface area contributed by atoms with Crippen LogP contribution in [0.4, 0.5) is 5.95 Å². The van der Waals surface area contributed by atoms with Gasteiger partial charge >= 0.3 is 0 Å². The van der Waals surface area contributed by atoms with E-state index in [-0.39, 0.29) is 0 Å². The second-order valence-corrected chi connectivity index (χ2v) is 4.82. The maximum absolute atomic E-state index is 4.54. The first-order chi connectivity index (χ1) is 8.75. The van der Waals surface area contributed by atoms with Crippen LogP contribution in [0.1, 0.15) is 29.8 Å². The van der Waals surface area contributed by atoms with Crippen LogP contribution >= 0.6 is 0 Å². The molecule has 0 bridgehead atoms. The molecule has 2 aromatic rings. The smallest absolute Gasteiger partial charge is 0.226 e. The molecule has 2 heterocycles. The van der Waals surface area contributed by atoms with E-state index in [9.17, 15) is 0 Å². The maximum atomic E-state index is 4.54. The molecule has 1 atom stereocenters. The van der Waals surface area contributed by atoms with Crippen molar-refractivity contribution in [2.45, 2.75) is 26.3 Å². The molecule has 0 saturated heterocycles. The van der Waals surface area contributed by atoms with Crippen molar-refractivity contribution < 1.29 is 0 Å². The van der Waals surface area contributed by atoms with Crippen molar-refractivity contribution in [3.05, 3.63) is 53.3 Å². The zero-order valence-corrected chi connectivity index (χ0v) is 10.8. The lowest BCUT2D eigenvalue weighted by atomic mass is 9.94. The summed E-state index contributed by atoms with van der Waals surface area (Å²) in [6, 6.07) is 10.9. The van der Waals surface area contributed by atoms with Gasteiger partial charge in [-0.1, -0.05) is 24.3 Å². The number of rotatable bonds is 1. The number of anilines is 1. The molecule has 0 N–H and O–H groups in total. The topological polar surface area (TPSA) is 29.0 Å². The van der Waals surface area contributed by atoms with Crippen molar-refractivity contribution in [3.63, 3.8) is 0 Å². The summed E-state index contributed by atoms with van der Waals surface area (Å²) in [6.07, 6.45) is 2.91. The number of fused-ring (bicyclic) bond motifs is 1. The van der Waals surface area contributed by atoms with E-state index in [1.807, 2.05) is 19.2 Å². The van der Waals surface area contributed by atoms with Gasteiger partial charge in [0.2, 0.25) is 5.95 Å². The van der Waals surface area contributed by atoms with Crippen LogP contribution in [0.25, 0.3) is 0 Å². The van der Waals surface area contributed by atoms with E-state index in [1.165, 1.54) is 11.1 Å². The lowest BCUT2D eigenvalue weighted by Gasteiger charge is -2.35. The van der Waals surface area contributed by atoms with Crippen molar-refractivity contribution in [2.24, 2.45) is 0 Å². The van der Waals surface area contributed by atoms with E-state index in [0.29, 0.717) is 6.04 Å². The van der Waals surface area contributed by atoms with Crippen molar-refractivity contribution in [1.29, 1.82) is 0 Å². The van der Waals surface area contributed by atoms with Gasteiger partial charge in [0.05, 0.1) is 6.04 Å². The molecule has 0 spiro atoms. The van der Waals surface area contributed by atoms with Crippen LogP contribution in [0.15, 0.2) is 36.5 Å². The molecular formula is C15H17N3. The number of hydrogen-bond acceptors (Lipinski definition) is 3. The fraction of sp³-hybridized carbons (Fsp3) is 0.333. The number of hydrogen-bond donors (Lipinski definition) is 0. The Morgan fingerprint density at radius 2 is 2.06 bits per heavy atom. The van der Waals surface area contributed by atoms with Gasteiger partial charge in [0, 0.05) is 18.4 Å². The predicted molar refractivity (Wildman–Crippen MR) is 72.7 cm³/mol. The van der Waals surface area contributed by atoms with E-state index in [4.69, 9.17) is 0 Å². The summed E-state index contributed by atoms with van der Waals surface area (Å²) in [7, 11) is 0. The Hall–Kier alpha value is -1.90. The van der Waals surface area contributed by atoms with Crippen LogP contribution in [-0.2, 0) is 6.42 Å². The van der Waals surface area contributed by atoms with Crippen LogP contribution < -0.4 is 4.90 Å². The molecule has 0 saturated carbocycles. The van der Waals surface area contributed by atoms with Gasteiger partial charge in [-0.2, -0.15) is 0 Å². The standard InChI is InChI=1S/C15H17N3/c1-11-7-9-16-15(17-11)18-10-8-13-5-3-4-6-14(13)12(18)2/h3-7,9,12H,8,10H2,1-2H3. The van der Waals surface area contributed by atoms with Gasteiger partial charge in [0.15, 0.2) is 0 Å². The number of nitrogens with zero attached hydrogens (tertiary/aromatic N) is 3. The minimum atomic E-state index is 0.344. The van der Waals surface area contributed by atoms with E-state index >= 15 is 0 Å². The molecule has 1 aromatic heterocycles. The Kier molecular flexibility index (Phi) is 2.74. The van der Waals surface area contributed by atoms with Gasteiger partial charge in [-0.25, -0.2) is 9.97 Å². The molecule has 1 aliphatic rings. The summed E-state index contributed by atoms with van der Waals surface area (Å²) in [5.41, 5.74) is 3.87. The molecule has 3 nitrogen and oxygen atoms in total. The highest BCUT2D eigenvalue weighted by Crippen LogP contribution is 2.31. The summed E-state index contributed by atoms with van der Waals surface area (Å²) >= 11 is 0. The van der Waals surface area contributed by atoms with Crippen molar-refractivity contribution in [2.75, 3.05) is 11.4 Å². The fourth-order valence-electron chi connectivity index (χ4n) is 2.62. The van der Waals surface area contributed by atoms with Gasteiger partial charge in [-0.05, 0) is 37.5 Å². The van der Waals surface area contributed by atoms with Crippen LogP contribution in [0.2, 0.25) is 0 Å². The van der Waals surface area contributed by atoms with Crippen molar-refractivity contribution in [1.82, 2.24) is 9.97 Å². The van der Waals surface area contributed by atoms with Crippen molar-refractivity contribution >= 4 is 5.95 Å². The molecule has 1 aromatic carbocycles. The average Bonchev–Trinajstić information content (AvgIpc) is 2.39. The Bertz CT molecular complexity index is 565. The third-order valence-corrected chi connectivity index (χ3v) is 3.63. The number of benzene rings is 1. The number of aryl methyl sites for hydroxylation is 1. The molecule has 18 heavy (non-hydrogen) atoms. The summed E-state index contributed by atoms with van der Waals surface area (Å²) in [6.45, 7) is 5.22. The van der Waals surface area contributed by atoms with E-state index in [2.05, 4.69) is 46.1 Å². The lowest BCUT2D eigenvalue weighted by Crippen LogP contribution is -2.35. The lowest BCUT2D eigenvalue weighted by molar-refractivity contribution is 0.607. The summed E-state index contributed by atoms with van der Waals surface area (Å²) in [4.78, 5) is 11.2. The fourth-order valence-corrected chi connectivity index (χ4v) is 2.62. The SMILES string of the molecule is Cc1ccnc(N2CCc3ccccc3C2C)n1. The quantitative estimate of drug-likeness (QED) is 0.766. The highest BCUT2D eigenvalue weighted by molar-refractivity contribution is 5.43. The summed E-state index contributed by atoms with van der Waals surface area (Å²) in [5, 5.41) is 0. The van der Waals surface area contributed by atoms with Gasteiger partial charge < -0.3 is 4.90 Å². The Morgan fingerprint density at radius 1 is 1.22 bits per heavy atom. The Labute approximate surface area is 108 Å². The minimum absolute atomic E-state index is 0.344. The largest absolute Gasteiger partial charge is 0.334 e. The molecule has 0 fully saturated rings. The van der Waals surface area contributed by atoms with Crippen LogP contribution in [0.3, 0.4) is 0 Å². The molecule has 0 radical (unpaired) electrons. The molecule has 92 valence electrons. The van der Waals surface area contributed by atoms with Crippen LogP contribution in [-0.4, -0.2) is 16.5 Å². The minimum Gasteiger partial charge on any atom is -0.334 e. The molecular weight excluding hydrogens is 222 g/mol. The highest BCUT2D eigenvalue weighted by atomic mass is 15.3. The molecule has 0 aliphatic carbocycles. The highest BCUT2D eigenvalue weighted by Gasteiger charge is 2.25. The summed E-state index contributed by atoms with van der Waals surface area (Å²) in [5.74, 6) is 0.844. The van der Waals surface area contributed by atoms with Gasteiger partial charge in [-0.3, -0.25) is 0 Å². The second-order valence-electron chi connectivity index (χ2n) is 4.82. The first-order valence-electron chi connectivity index (χ1n) is 6.40. The first-order valence-corrected chi connectivity index (χ1v) is 6.40. The molecule has 1 unspecified atom stereocenters. The van der Waals surface area contributed by atoms with Crippen LogP contribution in [0.5, 0.6) is 0 Å². The zero-order valence-electron chi connectivity index (χ0n) is 10.8. The van der Waals surface area contributed by atoms with Crippen LogP contribution in [0, 0.1) is 6.92 Å². The van der Waals surface area contributed by atoms with Crippen molar-refractivity contribution in [3.8, 4) is 0 Å². The van der Waals surface area contributed by atoms with E-state index in [0.717, 1.165) is 24.6 Å². The molecule has 0 amide bonds. The third kappa shape index (κ3) is 1.86. The van der Waals surface area contributed by atoms with E-state index < -0.39 is 0 Å². The Balaban J connectivity index is 1.97. The number of aromatic nitrogens is 2. The summed E-state index contributed by atoms with van der Waals surface area (Å²) < 4.78 is 0. The van der Waals surface area contributed by atoms with Gasteiger partial charge in [0.25, 0.3) is 0 Å². The monoisotopic (exact) mass is 239 g/mol. The Morgan fingerprint density at radius 3 is 2.89 bits per heavy atom. The molecule has 3 heteroatoms. The molecule has 1 aliphatic heterocycles. The maximum Gasteiger partial charge on any atom is 0.226 e. The second kappa shape index (κ2) is 4.41. The zero-order chi connectivity index (χ0) is 12.5. The van der Waals surface area contributed by atoms with Gasteiger partial charge in [0.1, 0.15) is 0 Å². The average molecular weight is 239 g/mol. The first kappa shape index (κ1) is 11.2. The third-order valence-electron chi connectivity index (χ3n) is 3.63. The van der Waals surface area contributed by atoms with E-state index in [1.54, 1.807) is 0 Å². The normalized spacial score (nSPS) is 18.6. The predicted octanol–water partition coefficient (Wildman–Crippen LogP) is 2.91.